The van der Waals surface area contributed by atoms with Crippen molar-refractivity contribution in [3.8, 4) is 0 Å². The van der Waals surface area contributed by atoms with Crippen molar-refractivity contribution in [2.45, 2.75) is 5.72 Å². The molecule has 0 fully saturated rings. The molecule has 1 aromatic rings. The normalized spacial score (nSPS) is 28.0. The topological polar surface area (TPSA) is 63.3 Å². The molecule has 2 rings (SSSR count). The summed E-state index contributed by atoms with van der Waals surface area (Å²) in [5.41, 5.74) is 4.61. The molecule has 0 bridgehead atoms. The Kier molecular flexibility index (Phi) is 2.73. The number of allylic oxidation sites excluding steroid dienone is 2. The standard InChI is InChI=1S/C13H13NO2/c14-13(16)9-5-4-8-11(13)12(15)10-6-2-1-3-7-10/h1-9,11,16H,14H2. The highest BCUT2D eigenvalue weighted by Crippen LogP contribution is 2.23. The van der Waals surface area contributed by atoms with E-state index in [9.17, 15) is 9.90 Å². The first-order valence-electron chi connectivity index (χ1n) is 5.08. The van der Waals surface area contributed by atoms with Crippen LogP contribution < -0.4 is 5.73 Å². The van der Waals surface area contributed by atoms with Gasteiger partial charge >= 0.3 is 0 Å². The van der Waals surface area contributed by atoms with Crippen molar-refractivity contribution in [1.29, 1.82) is 0 Å². The second-order valence-corrected chi connectivity index (χ2v) is 3.84. The molecule has 1 aliphatic carbocycles. The number of benzene rings is 1. The largest absolute Gasteiger partial charge is 0.371 e. The summed E-state index contributed by atoms with van der Waals surface area (Å²) in [6, 6.07) is 8.83. The fourth-order valence-corrected chi connectivity index (χ4v) is 1.72. The van der Waals surface area contributed by atoms with Gasteiger partial charge in [0.15, 0.2) is 5.78 Å². The van der Waals surface area contributed by atoms with Crippen molar-refractivity contribution >= 4 is 5.78 Å². The molecule has 3 N–H and O–H groups in total. The molecule has 0 amide bonds. The molecule has 1 aliphatic rings. The predicted octanol–water partition coefficient (Wildman–Crippen LogP) is 1.26. The second-order valence-electron chi connectivity index (χ2n) is 3.84. The maximum atomic E-state index is 12.1. The zero-order chi connectivity index (χ0) is 11.6. The molecule has 3 nitrogen and oxygen atoms in total. The van der Waals surface area contributed by atoms with Crippen LogP contribution in [-0.4, -0.2) is 16.6 Å². The third-order valence-electron chi connectivity index (χ3n) is 2.62. The van der Waals surface area contributed by atoms with E-state index in [2.05, 4.69) is 0 Å². The lowest BCUT2D eigenvalue weighted by molar-refractivity contribution is 0.0447. The monoisotopic (exact) mass is 215 g/mol. The molecule has 0 saturated heterocycles. The molecule has 0 saturated carbocycles. The van der Waals surface area contributed by atoms with Crippen LogP contribution in [0.4, 0.5) is 0 Å². The van der Waals surface area contributed by atoms with E-state index in [4.69, 9.17) is 5.73 Å². The molecule has 0 heterocycles. The van der Waals surface area contributed by atoms with Crippen LogP contribution in [0.1, 0.15) is 10.4 Å². The number of rotatable bonds is 2. The fraction of sp³-hybridized carbons (Fsp3) is 0.154. The van der Waals surface area contributed by atoms with Gasteiger partial charge in [0.2, 0.25) is 0 Å². The number of aliphatic hydroxyl groups is 1. The highest BCUT2D eigenvalue weighted by Gasteiger charge is 2.35. The van der Waals surface area contributed by atoms with Gasteiger partial charge in [0.1, 0.15) is 5.72 Å². The summed E-state index contributed by atoms with van der Waals surface area (Å²) < 4.78 is 0. The van der Waals surface area contributed by atoms with Crippen molar-refractivity contribution < 1.29 is 9.90 Å². The molecule has 0 spiro atoms. The average Bonchev–Trinajstić information content (AvgIpc) is 2.29. The summed E-state index contributed by atoms with van der Waals surface area (Å²) in [5, 5.41) is 9.88. The van der Waals surface area contributed by atoms with E-state index in [0.717, 1.165) is 0 Å². The van der Waals surface area contributed by atoms with Crippen LogP contribution in [0, 0.1) is 5.92 Å². The Balaban J connectivity index is 2.30. The molecular weight excluding hydrogens is 202 g/mol. The van der Waals surface area contributed by atoms with E-state index < -0.39 is 11.6 Å². The summed E-state index contributed by atoms with van der Waals surface area (Å²) >= 11 is 0. The third-order valence-corrected chi connectivity index (χ3v) is 2.62. The smallest absolute Gasteiger partial charge is 0.174 e. The minimum Gasteiger partial charge on any atom is -0.371 e. The van der Waals surface area contributed by atoms with Gasteiger partial charge in [-0.2, -0.15) is 0 Å². The molecular formula is C13H13NO2. The lowest BCUT2D eigenvalue weighted by Crippen LogP contribution is -2.48. The molecule has 0 aliphatic heterocycles. The summed E-state index contributed by atoms with van der Waals surface area (Å²) in [5.74, 6) is -0.897. The number of hydrogen-bond acceptors (Lipinski definition) is 3. The molecule has 2 atom stereocenters. The number of carbonyl (C=O) groups excluding carboxylic acids is 1. The quantitative estimate of drug-likeness (QED) is 0.576. The number of hydrogen-bond donors (Lipinski definition) is 2. The van der Waals surface area contributed by atoms with E-state index in [1.54, 1.807) is 42.5 Å². The zero-order valence-electron chi connectivity index (χ0n) is 8.71. The van der Waals surface area contributed by atoms with Crippen LogP contribution in [0.2, 0.25) is 0 Å². The van der Waals surface area contributed by atoms with E-state index in [0.29, 0.717) is 5.56 Å². The van der Waals surface area contributed by atoms with Crippen LogP contribution in [-0.2, 0) is 0 Å². The first kappa shape index (κ1) is 10.8. The van der Waals surface area contributed by atoms with E-state index in [1.807, 2.05) is 6.07 Å². The molecule has 0 aromatic heterocycles. The first-order chi connectivity index (χ1) is 7.61. The minimum absolute atomic E-state index is 0.175. The van der Waals surface area contributed by atoms with Gasteiger partial charge < -0.3 is 5.11 Å². The molecule has 1 aromatic carbocycles. The van der Waals surface area contributed by atoms with Gasteiger partial charge in [-0.05, 0) is 6.08 Å². The van der Waals surface area contributed by atoms with Crippen molar-refractivity contribution in [2.24, 2.45) is 11.7 Å². The molecule has 16 heavy (non-hydrogen) atoms. The van der Waals surface area contributed by atoms with Gasteiger partial charge in [0, 0.05) is 5.56 Å². The highest BCUT2D eigenvalue weighted by molar-refractivity contribution is 6.00. The van der Waals surface area contributed by atoms with Crippen LogP contribution in [0.5, 0.6) is 0 Å². The van der Waals surface area contributed by atoms with Gasteiger partial charge in [-0.25, -0.2) is 0 Å². The lowest BCUT2D eigenvalue weighted by Gasteiger charge is -2.28. The number of ketones is 1. The van der Waals surface area contributed by atoms with Gasteiger partial charge in [-0.3, -0.25) is 10.5 Å². The van der Waals surface area contributed by atoms with Crippen molar-refractivity contribution in [3.05, 3.63) is 60.2 Å². The second kappa shape index (κ2) is 4.04. The Morgan fingerprint density at radius 2 is 1.94 bits per heavy atom. The SMILES string of the molecule is NC1(O)C=CC=CC1C(=O)c1ccccc1. The van der Waals surface area contributed by atoms with Crippen molar-refractivity contribution in [2.75, 3.05) is 0 Å². The number of Topliss-reactive ketones (excluding diaryl/α,β-unsaturated/α-hetero) is 1. The number of carbonyl (C=O) groups is 1. The molecule has 3 heteroatoms. The van der Waals surface area contributed by atoms with Crippen LogP contribution in [0.25, 0.3) is 0 Å². The first-order valence-corrected chi connectivity index (χ1v) is 5.08. The van der Waals surface area contributed by atoms with Crippen molar-refractivity contribution in [1.82, 2.24) is 0 Å². The van der Waals surface area contributed by atoms with E-state index >= 15 is 0 Å². The van der Waals surface area contributed by atoms with Gasteiger partial charge in [0.25, 0.3) is 0 Å². The Labute approximate surface area is 93.9 Å². The highest BCUT2D eigenvalue weighted by atomic mass is 16.3. The number of nitrogens with two attached hydrogens (primary N) is 1. The fourth-order valence-electron chi connectivity index (χ4n) is 1.72. The molecule has 0 radical (unpaired) electrons. The lowest BCUT2D eigenvalue weighted by atomic mass is 9.85. The van der Waals surface area contributed by atoms with Crippen molar-refractivity contribution in [3.63, 3.8) is 0 Å². The van der Waals surface area contributed by atoms with Crippen LogP contribution >= 0.6 is 0 Å². The average molecular weight is 215 g/mol. The van der Waals surface area contributed by atoms with E-state index in [1.165, 1.54) is 6.08 Å². The molecule has 82 valence electrons. The van der Waals surface area contributed by atoms with E-state index in [-0.39, 0.29) is 5.78 Å². The summed E-state index contributed by atoms with van der Waals surface area (Å²) in [4.78, 5) is 12.1. The Hall–Kier alpha value is -1.71. The van der Waals surface area contributed by atoms with Gasteiger partial charge in [-0.15, -0.1) is 0 Å². The molecule has 2 unspecified atom stereocenters. The zero-order valence-corrected chi connectivity index (χ0v) is 8.71. The minimum atomic E-state index is -1.60. The Morgan fingerprint density at radius 3 is 2.56 bits per heavy atom. The maximum Gasteiger partial charge on any atom is 0.174 e. The van der Waals surface area contributed by atoms with Gasteiger partial charge in [0.05, 0.1) is 5.92 Å². The summed E-state index contributed by atoms with van der Waals surface area (Å²) in [6.07, 6.45) is 6.40. The Bertz CT molecular complexity index is 446. The Morgan fingerprint density at radius 1 is 1.25 bits per heavy atom. The van der Waals surface area contributed by atoms with Crippen LogP contribution in [0.15, 0.2) is 54.6 Å². The van der Waals surface area contributed by atoms with Crippen LogP contribution in [0.3, 0.4) is 0 Å². The predicted molar refractivity (Wildman–Crippen MR) is 61.7 cm³/mol. The van der Waals surface area contributed by atoms with Gasteiger partial charge in [-0.1, -0.05) is 48.6 Å². The maximum absolute atomic E-state index is 12.1. The summed E-state index contributed by atoms with van der Waals surface area (Å²) in [6.45, 7) is 0. The summed E-state index contributed by atoms with van der Waals surface area (Å²) in [7, 11) is 0. The third kappa shape index (κ3) is 1.96.